The largest absolute Gasteiger partial charge is 0.327 e. The summed E-state index contributed by atoms with van der Waals surface area (Å²) in [6.07, 6.45) is 4.16. The third-order valence-electron chi connectivity index (χ3n) is 3.03. The summed E-state index contributed by atoms with van der Waals surface area (Å²) in [5.41, 5.74) is 2.07. The van der Waals surface area contributed by atoms with E-state index in [2.05, 4.69) is 11.5 Å². The van der Waals surface area contributed by atoms with Crippen molar-refractivity contribution in [2.45, 2.75) is 39.2 Å². The lowest BCUT2D eigenvalue weighted by atomic mass is 10.2. The van der Waals surface area contributed by atoms with Crippen LogP contribution in [-0.2, 0) is 13.0 Å². The fourth-order valence-electron chi connectivity index (χ4n) is 2.22. The monoisotopic (exact) mass is 284 g/mol. The van der Waals surface area contributed by atoms with Crippen LogP contribution in [0.1, 0.15) is 32.0 Å². The number of nitrogens with zero attached hydrogens (tertiary/aromatic N) is 2. The Kier molecular flexibility index (Phi) is 4.90. The number of halogens is 2. The van der Waals surface area contributed by atoms with Gasteiger partial charge in [-0.05, 0) is 31.4 Å². The summed E-state index contributed by atoms with van der Waals surface area (Å²) in [6.45, 7) is 3.14. The normalized spacial score (nSPS) is 11.3. The molecule has 0 aliphatic rings. The van der Waals surface area contributed by atoms with Crippen LogP contribution in [0.4, 0.5) is 0 Å². The number of aromatic nitrogens is 2. The van der Waals surface area contributed by atoms with E-state index in [9.17, 15) is 0 Å². The van der Waals surface area contributed by atoms with E-state index in [4.69, 9.17) is 28.2 Å². The molecule has 18 heavy (non-hydrogen) atoms. The van der Waals surface area contributed by atoms with Gasteiger partial charge in [0.05, 0.1) is 16.1 Å². The summed E-state index contributed by atoms with van der Waals surface area (Å²) in [6, 6.07) is 5.91. The molecule has 0 bridgehead atoms. The highest BCUT2D eigenvalue weighted by atomic mass is 35.5. The topological polar surface area (TPSA) is 17.8 Å². The second-order valence-electron chi connectivity index (χ2n) is 4.43. The van der Waals surface area contributed by atoms with Gasteiger partial charge in [-0.25, -0.2) is 4.98 Å². The number of hydrogen-bond acceptors (Lipinski definition) is 1. The lowest BCUT2D eigenvalue weighted by molar-refractivity contribution is 0.634. The zero-order valence-corrected chi connectivity index (χ0v) is 12.1. The van der Waals surface area contributed by atoms with Gasteiger partial charge < -0.3 is 4.57 Å². The van der Waals surface area contributed by atoms with Crippen LogP contribution < -0.4 is 0 Å². The molecule has 2 aromatic rings. The molecule has 98 valence electrons. The minimum atomic E-state index is 0.717. The van der Waals surface area contributed by atoms with E-state index in [-0.39, 0.29) is 0 Å². The third kappa shape index (κ3) is 2.81. The highest BCUT2D eigenvalue weighted by Crippen LogP contribution is 2.25. The van der Waals surface area contributed by atoms with Crippen molar-refractivity contribution in [3.8, 4) is 0 Å². The van der Waals surface area contributed by atoms with E-state index >= 15 is 0 Å². The Morgan fingerprint density at radius 1 is 1.28 bits per heavy atom. The van der Waals surface area contributed by atoms with E-state index in [0.717, 1.165) is 60.0 Å². The molecule has 0 saturated heterocycles. The number of benzene rings is 1. The Morgan fingerprint density at radius 3 is 2.83 bits per heavy atom. The van der Waals surface area contributed by atoms with Gasteiger partial charge in [0.2, 0.25) is 0 Å². The lowest BCUT2D eigenvalue weighted by Gasteiger charge is -2.08. The van der Waals surface area contributed by atoms with Crippen molar-refractivity contribution in [1.29, 1.82) is 0 Å². The molecular weight excluding hydrogens is 267 g/mol. The zero-order chi connectivity index (χ0) is 13.0. The Hall–Kier alpha value is -0.730. The minimum Gasteiger partial charge on any atom is -0.327 e. The highest BCUT2D eigenvalue weighted by Gasteiger charge is 2.12. The number of rotatable bonds is 6. The van der Waals surface area contributed by atoms with Gasteiger partial charge in [-0.3, -0.25) is 0 Å². The first-order valence-electron chi connectivity index (χ1n) is 6.47. The van der Waals surface area contributed by atoms with Gasteiger partial charge >= 0.3 is 0 Å². The van der Waals surface area contributed by atoms with Crippen LogP contribution in [0.2, 0.25) is 5.02 Å². The molecule has 0 aliphatic carbocycles. The Bertz CT molecular complexity index is 520. The Morgan fingerprint density at radius 2 is 2.11 bits per heavy atom. The molecule has 0 spiro atoms. The van der Waals surface area contributed by atoms with Crippen molar-refractivity contribution in [3.05, 3.63) is 29.0 Å². The molecule has 0 atom stereocenters. The summed E-state index contributed by atoms with van der Waals surface area (Å²) in [7, 11) is 0. The van der Waals surface area contributed by atoms with E-state index in [1.165, 1.54) is 0 Å². The van der Waals surface area contributed by atoms with Crippen molar-refractivity contribution < 1.29 is 0 Å². The van der Waals surface area contributed by atoms with E-state index < -0.39 is 0 Å². The number of unbranched alkanes of at least 4 members (excludes halogenated alkanes) is 1. The maximum absolute atomic E-state index is 6.29. The van der Waals surface area contributed by atoms with Gasteiger partial charge in [-0.2, -0.15) is 0 Å². The van der Waals surface area contributed by atoms with E-state index in [1.54, 1.807) is 0 Å². The molecule has 0 fully saturated rings. The van der Waals surface area contributed by atoms with Crippen LogP contribution in [-0.4, -0.2) is 15.4 Å². The van der Waals surface area contributed by atoms with E-state index in [1.807, 2.05) is 18.2 Å². The average molecular weight is 285 g/mol. The van der Waals surface area contributed by atoms with Gasteiger partial charge in [-0.15, -0.1) is 11.6 Å². The molecule has 0 aliphatic heterocycles. The summed E-state index contributed by atoms with van der Waals surface area (Å²) in [4.78, 5) is 4.70. The first-order valence-corrected chi connectivity index (χ1v) is 7.38. The van der Waals surface area contributed by atoms with Crippen molar-refractivity contribution in [2.24, 2.45) is 0 Å². The van der Waals surface area contributed by atoms with Crippen molar-refractivity contribution in [3.63, 3.8) is 0 Å². The molecule has 2 rings (SSSR count). The van der Waals surface area contributed by atoms with Crippen LogP contribution in [0, 0.1) is 0 Å². The first-order chi connectivity index (χ1) is 8.77. The van der Waals surface area contributed by atoms with E-state index in [0.29, 0.717) is 0 Å². The molecule has 1 aromatic heterocycles. The number of fused-ring (bicyclic) bond motifs is 1. The van der Waals surface area contributed by atoms with Crippen molar-refractivity contribution in [1.82, 2.24) is 9.55 Å². The second-order valence-corrected chi connectivity index (χ2v) is 5.22. The SMILES string of the molecule is CCCn1c(CCCCCl)nc2cccc(Cl)c21. The maximum atomic E-state index is 6.29. The molecule has 0 unspecified atom stereocenters. The van der Waals surface area contributed by atoms with Crippen molar-refractivity contribution >= 4 is 34.2 Å². The lowest BCUT2D eigenvalue weighted by Crippen LogP contribution is -2.04. The molecule has 2 nitrogen and oxygen atoms in total. The summed E-state index contributed by atoms with van der Waals surface area (Å²) in [5.74, 6) is 1.85. The Balaban J connectivity index is 2.38. The number of hydrogen-bond donors (Lipinski definition) is 0. The van der Waals surface area contributed by atoms with Gasteiger partial charge in [0.1, 0.15) is 5.82 Å². The number of aryl methyl sites for hydroxylation is 2. The highest BCUT2D eigenvalue weighted by molar-refractivity contribution is 6.35. The van der Waals surface area contributed by atoms with Crippen molar-refractivity contribution in [2.75, 3.05) is 5.88 Å². The van der Waals surface area contributed by atoms with Gasteiger partial charge in [0.25, 0.3) is 0 Å². The molecule has 1 heterocycles. The van der Waals surface area contributed by atoms with Crippen LogP contribution in [0.3, 0.4) is 0 Å². The number of alkyl halides is 1. The molecule has 0 radical (unpaired) electrons. The average Bonchev–Trinajstić information content (AvgIpc) is 2.70. The summed E-state index contributed by atoms with van der Waals surface area (Å²) in [5, 5.41) is 0.789. The van der Waals surface area contributed by atoms with Crippen LogP contribution in [0.15, 0.2) is 18.2 Å². The standard InChI is InChI=1S/C14H18Cl2N2/c1-2-10-18-13(8-3-4-9-15)17-12-7-5-6-11(16)14(12)18/h5-7H,2-4,8-10H2,1H3. The fourth-order valence-corrected chi connectivity index (χ4v) is 2.68. The molecule has 0 saturated carbocycles. The second kappa shape index (κ2) is 6.44. The number of imidazole rings is 1. The van der Waals surface area contributed by atoms with Gasteiger partial charge in [-0.1, -0.05) is 24.6 Å². The Labute approximate surface area is 118 Å². The zero-order valence-electron chi connectivity index (χ0n) is 10.6. The minimum absolute atomic E-state index is 0.717. The molecule has 0 N–H and O–H groups in total. The molecular formula is C14H18Cl2N2. The third-order valence-corrected chi connectivity index (χ3v) is 3.60. The van der Waals surface area contributed by atoms with Crippen LogP contribution >= 0.6 is 23.2 Å². The molecule has 0 amide bonds. The van der Waals surface area contributed by atoms with Gasteiger partial charge in [0.15, 0.2) is 0 Å². The smallest absolute Gasteiger partial charge is 0.109 e. The summed E-state index contributed by atoms with van der Waals surface area (Å²) >= 11 is 12.0. The fraction of sp³-hybridized carbons (Fsp3) is 0.500. The quantitative estimate of drug-likeness (QED) is 0.557. The maximum Gasteiger partial charge on any atom is 0.109 e. The van der Waals surface area contributed by atoms with Crippen LogP contribution in [0.5, 0.6) is 0 Å². The molecule has 1 aromatic carbocycles. The predicted molar refractivity (Wildman–Crippen MR) is 78.7 cm³/mol. The molecule has 4 heteroatoms. The first kappa shape index (κ1) is 13.7. The predicted octanol–water partition coefficient (Wildman–Crippen LogP) is 4.66. The van der Waals surface area contributed by atoms with Crippen LogP contribution in [0.25, 0.3) is 11.0 Å². The number of para-hydroxylation sites is 1. The van der Waals surface area contributed by atoms with Gasteiger partial charge in [0, 0.05) is 18.8 Å². The summed E-state index contributed by atoms with van der Waals surface area (Å²) < 4.78 is 2.26.